The Morgan fingerprint density at radius 1 is 1.00 bits per heavy atom. The molecule has 1 aromatic carbocycles. The van der Waals surface area contributed by atoms with E-state index < -0.39 is 35.1 Å². The lowest BCUT2D eigenvalue weighted by molar-refractivity contribution is 0.0879. The molecule has 114 valence electrons. The van der Waals surface area contributed by atoms with E-state index in [1.54, 1.807) is 0 Å². The van der Waals surface area contributed by atoms with E-state index in [1.807, 2.05) is 0 Å². The highest BCUT2D eigenvalue weighted by Crippen LogP contribution is 2.22. The summed E-state index contributed by atoms with van der Waals surface area (Å²) in [6.45, 7) is -1.15. The second-order valence-corrected chi connectivity index (χ2v) is 6.28. The van der Waals surface area contributed by atoms with Gasteiger partial charge < -0.3 is 10.2 Å². The van der Waals surface area contributed by atoms with Crippen LogP contribution in [0.2, 0.25) is 0 Å². The van der Waals surface area contributed by atoms with E-state index in [1.165, 1.54) is 12.1 Å². The Hall–Kier alpha value is -1.81. The molecule has 0 aliphatic carbocycles. The molecule has 9 heteroatoms. The first-order valence-electron chi connectivity index (χ1n) is 6.13. The number of amides is 2. The van der Waals surface area contributed by atoms with Crippen LogP contribution in [0.4, 0.5) is 0 Å². The fraction of sp³-hybridized carbons (Fsp3) is 0.333. The van der Waals surface area contributed by atoms with Crippen LogP contribution < -0.4 is 5.32 Å². The number of sulfonamides is 1. The molecule has 0 fully saturated rings. The van der Waals surface area contributed by atoms with Gasteiger partial charge in [-0.05, 0) is 18.2 Å². The molecule has 8 nitrogen and oxygen atoms in total. The summed E-state index contributed by atoms with van der Waals surface area (Å²) in [5.74, 6) is -1.22. The number of carbonyl (C=O) groups excluding carboxylic acids is 2. The summed E-state index contributed by atoms with van der Waals surface area (Å²) >= 11 is 0. The molecule has 21 heavy (non-hydrogen) atoms. The van der Waals surface area contributed by atoms with Gasteiger partial charge in [-0.2, -0.15) is 4.31 Å². The molecule has 1 aliphatic rings. The number of hydrogen-bond donors (Lipinski definition) is 3. The zero-order valence-electron chi connectivity index (χ0n) is 10.9. The van der Waals surface area contributed by atoms with Gasteiger partial charge in [0, 0.05) is 13.1 Å². The van der Waals surface area contributed by atoms with Gasteiger partial charge in [-0.15, -0.1) is 0 Å². The first kappa shape index (κ1) is 15.6. The molecule has 0 saturated heterocycles. The molecule has 0 saturated carbocycles. The van der Waals surface area contributed by atoms with Crippen LogP contribution in [0.1, 0.15) is 20.7 Å². The number of nitrogens with one attached hydrogen (secondary N) is 1. The monoisotopic (exact) mass is 314 g/mol. The normalized spacial score (nSPS) is 14.4. The molecule has 0 spiro atoms. The fourth-order valence-electron chi connectivity index (χ4n) is 2.03. The summed E-state index contributed by atoms with van der Waals surface area (Å²) in [5.41, 5.74) is 0.115. The highest BCUT2D eigenvalue weighted by Gasteiger charge is 2.30. The number of nitrogens with zero attached hydrogens (tertiary/aromatic N) is 1. The number of benzene rings is 1. The molecule has 0 radical (unpaired) electrons. The summed E-state index contributed by atoms with van der Waals surface area (Å²) in [6.07, 6.45) is 0. The van der Waals surface area contributed by atoms with Gasteiger partial charge in [0.2, 0.25) is 10.0 Å². The maximum atomic E-state index is 12.4. The standard InChI is InChI=1S/C12H14N2O6S/c15-5-3-14(4-6-16)21(19,20)8-1-2-9-10(7-8)12(18)13-11(9)17/h1-2,7,15-16H,3-6H2,(H,13,17,18). The van der Waals surface area contributed by atoms with Crippen LogP contribution in [0.3, 0.4) is 0 Å². The smallest absolute Gasteiger partial charge is 0.258 e. The van der Waals surface area contributed by atoms with Crippen LogP contribution in [0, 0.1) is 0 Å². The van der Waals surface area contributed by atoms with Crippen molar-refractivity contribution in [1.82, 2.24) is 9.62 Å². The number of rotatable bonds is 6. The highest BCUT2D eigenvalue weighted by molar-refractivity contribution is 7.89. The van der Waals surface area contributed by atoms with E-state index in [0.717, 1.165) is 10.4 Å². The summed E-state index contributed by atoms with van der Waals surface area (Å²) in [6, 6.07) is 3.60. The van der Waals surface area contributed by atoms with E-state index in [-0.39, 0.29) is 29.1 Å². The number of hydrogen-bond acceptors (Lipinski definition) is 6. The molecule has 0 aromatic heterocycles. The Morgan fingerprint density at radius 2 is 1.57 bits per heavy atom. The maximum Gasteiger partial charge on any atom is 0.258 e. The third-order valence-corrected chi connectivity index (χ3v) is 4.94. The van der Waals surface area contributed by atoms with Gasteiger partial charge in [0.15, 0.2) is 0 Å². The van der Waals surface area contributed by atoms with Crippen molar-refractivity contribution < 1.29 is 28.2 Å². The van der Waals surface area contributed by atoms with Crippen molar-refractivity contribution in [2.24, 2.45) is 0 Å². The minimum Gasteiger partial charge on any atom is -0.395 e. The van der Waals surface area contributed by atoms with Crippen molar-refractivity contribution in [1.29, 1.82) is 0 Å². The Labute approximate surface area is 121 Å². The van der Waals surface area contributed by atoms with Crippen LogP contribution in [0.5, 0.6) is 0 Å². The van der Waals surface area contributed by atoms with E-state index in [4.69, 9.17) is 10.2 Å². The lowest BCUT2D eigenvalue weighted by Crippen LogP contribution is -2.35. The van der Waals surface area contributed by atoms with Crippen molar-refractivity contribution in [2.45, 2.75) is 4.90 Å². The van der Waals surface area contributed by atoms with Crippen LogP contribution in [-0.2, 0) is 10.0 Å². The summed E-state index contributed by atoms with van der Waals surface area (Å²) in [4.78, 5) is 22.8. The third-order valence-electron chi connectivity index (χ3n) is 3.04. The number of fused-ring (bicyclic) bond motifs is 1. The fourth-order valence-corrected chi connectivity index (χ4v) is 3.48. The van der Waals surface area contributed by atoms with Gasteiger partial charge in [0.1, 0.15) is 0 Å². The van der Waals surface area contributed by atoms with Crippen molar-refractivity contribution in [3.05, 3.63) is 29.3 Å². The SMILES string of the molecule is O=C1NC(=O)c2cc(S(=O)(=O)N(CCO)CCO)ccc21. The van der Waals surface area contributed by atoms with Crippen LogP contribution in [0.15, 0.2) is 23.1 Å². The Morgan fingerprint density at radius 3 is 2.14 bits per heavy atom. The van der Waals surface area contributed by atoms with Crippen LogP contribution in [0.25, 0.3) is 0 Å². The number of imide groups is 1. The molecule has 0 unspecified atom stereocenters. The Balaban J connectivity index is 2.44. The molecule has 0 atom stereocenters. The lowest BCUT2D eigenvalue weighted by atomic mass is 10.1. The summed E-state index contributed by atoms with van der Waals surface area (Å²) < 4.78 is 25.7. The minimum atomic E-state index is -3.97. The molecule has 3 N–H and O–H groups in total. The topological polar surface area (TPSA) is 124 Å². The third kappa shape index (κ3) is 2.81. The van der Waals surface area contributed by atoms with E-state index in [2.05, 4.69) is 5.32 Å². The predicted molar refractivity (Wildman–Crippen MR) is 71.2 cm³/mol. The van der Waals surface area contributed by atoms with Gasteiger partial charge in [-0.1, -0.05) is 0 Å². The van der Waals surface area contributed by atoms with Gasteiger partial charge in [-0.3, -0.25) is 14.9 Å². The number of aliphatic hydroxyl groups excluding tert-OH is 2. The maximum absolute atomic E-state index is 12.4. The Kier molecular flexibility index (Phi) is 4.37. The van der Waals surface area contributed by atoms with E-state index in [9.17, 15) is 18.0 Å². The Bertz CT molecular complexity index is 679. The molecular formula is C12H14N2O6S. The highest BCUT2D eigenvalue weighted by atomic mass is 32.2. The zero-order chi connectivity index (χ0) is 15.6. The van der Waals surface area contributed by atoms with Crippen LogP contribution >= 0.6 is 0 Å². The summed E-state index contributed by atoms with van der Waals surface area (Å²) in [7, 11) is -3.97. The van der Waals surface area contributed by atoms with Crippen LogP contribution in [-0.4, -0.2) is 61.1 Å². The predicted octanol–water partition coefficient (Wildman–Crippen LogP) is -1.45. The number of aliphatic hydroxyl groups is 2. The quantitative estimate of drug-likeness (QED) is 0.552. The zero-order valence-corrected chi connectivity index (χ0v) is 11.8. The minimum absolute atomic E-state index is 0.00554. The van der Waals surface area contributed by atoms with Crippen molar-refractivity contribution in [2.75, 3.05) is 26.3 Å². The average molecular weight is 314 g/mol. The van der Waals surface area contributed by atoms with Gasteiger partial charge >= 0.3 is 0 Å². The molecule has 1 aliphatic heterocycles. The first-order chi connectivity index (χ1) is 9.91. The molecule has 0 bridgehead atoms. The van der Waals surface area contributed by atoms with Crippen molar-refractivity contribution in [3.63, 3.8) is 0 Å². The number of carbonyl (C=O) groups is 2. The van der Waals surface area contributed by atoms with Crippen molar-refractivity contribution >= 4 is 21.8 Å². The largest absolute Gasteiger partial charge is 0.395 e. The molecule has 1 heterocycles. The van der Waals surface area contributed by atoms with E-state index >= 15 is 0 Å². The molecule has 1 aromatic rings. The second kappa shape index (κ2) is 5.90. The molecule has 2 amide bonds. The van der Waals surface area contributed by atoms with Gasteiger partial charge in [0.25, 0.3) is 11.8 Å². The van der Waals surface area contributed by atoms with E-state index in [0.29, 0.717) is 0 Å². The summed E-state index contributed by atoms with van der Waals surface area (Å²) in [5, 5.41) is 19.9. The first-order valence-corrected chi connectivity index (χ1v) is 7.57. The van der Waals surface area contributed by atoms with Gasteiger partial charge in [0.05, 0.1) is 29.2 Å². The molecular weight excluding hydrogens is 300 g/mol. The molecule has 2 rings (SSSR count). The lowest BCUT2D eigenvalue weighted by Gasteiger charge is -2.20. The second-order valence-electron chi connectivity index (χ2n) is 4.34. The van der Waals surface area contributed by atoms with Gasteiger partial charge in [-0.25, -0.2) is 8.42 Å². The average Bonchev–Trinajstić information content (AvgIpc) is 2.73. The van der Waals surface area contributed by atoms with Crippen molar-refractivity contribution in [3.8, 4) is 0 Å².